The van der Waals surface area contributed by atoms with Crippen molar-refractivity contribution in [1.82, 2.24) is 28.9 Å². The lowest BCUT2D eigenvalue weighted by atomic mass is 9.93. The van der Waals surface area contributed by atoms with Gasteiger partial charge in [-0.1, -0.05) is 30.3 Å². The van der Waals surface area contributed by atoms with Crippen LogP contribution in [0, 0.1) is 0 Å². The molecule has 3 aromatic carbocycles. The zero-order valence-corrected chi connectivity index (χ0v) is 23.5. The van der Waals surface area contributed by atoms with Crippen LogP contribution in [0.2, 0.25) is 0 Å². The second kappa shape index (κ2) is 10.9. The summed E-state index contributed by atoms with van der Waals surface area (Å²) in [6, 6.07) is 18.9. The van der Waals surface area contributed by atoms with Gasteiger partial charge in [0, 0.05) is 5.70 Å². The number of carbonyl (C=O) groups is 2. The molecule has 0 spiro atoms. The van der Waals surface area contributed by atoms with Gasteiger partial charge in [0.25, 0.3) is 0 Å². The number of methoxy groups -OCH3 is 1. The minimum atomic E-state index is -0.844. The number of phenolic OH excluding ortho intramolecular Hbond substituents is 1. The van der Waals surface area contributed by atoms with Crippen LogP contribution in [0.15, 0.2) is 90.7 Å². The van der Waals surface area contributed by atoms with Crippen LogP contribution in [0.3, 0.4) is 0 Å². The van der Waals surface area contributed by atoms with E-state index >= 15 is 0 Å². The van der Waals surface area contributed by atoms with Crippen LogP contribution in [0.25, 0.3) is 22.1 Å². The maximum absolute atomic E-state index is 14.5. The number of carbonyl (C=O) groups excluding carboxylic acids is 2. The van der Waals surface area contributed by atoms with Gasteiger partial charge in [-0.05, 0) is 55.8 Å². The summed E-state index contributed by atoms with van der Waals surface area (Å²) in [5.41, 5.74) is 4.61. The number of amides is 2. The van der Waals surface area contributed by atoms with E-state index in [4.69, 9.17) is 9.47 Å². The van der Waals surface area contributed by atoms with E-state index in [0.717, 1.165) is 22.1 Å². The van der Waals surface area contributed by atoms with E-state index in [2.05, 4.69) is 9.97 Å². The lowest BCUT2D eigenvalue weighted by molar-refractivity contribution is -0.139. The molecule has 0 saturated heterocycles. The van der Waals surface area contributed by atoms with E-state index in [9.17, 15) is 14.7 Å². The van der Waals surface area contributed by atoms with Crippen molar-refractivity contribution in [2.45, 2.75) is 33.2 Å². The maximum Gasteiger partial charge on any atom is 0.338 e. The number of esters is 1. The number of nitrogens with zero attached hydrogens (tertiary/aromatic N) is 6. The Bertz CT molecular complexity index is 1840. The van der Waals surface area contributed by atoms with Crippen LogP contribution in [0.5, 0.6) is 11.5 Å². The van der Waals surface area contributed by atoms with Crippen molar-refractivity contribution in [2.24, 2.45) is 0 Å². The third-order valence-corrected chi connectivity index (χ3v) is 7.52. The third kappa shape index (κ3) is 4.58. The first-order valence-electron chi connectivity index (χ1n) is 13.5. The molecule has 6 rings (SSSR count). The summed E-state index contributed by atoms with van der Waals surface area (Å²) in [5.74, 6) is -0.371. The quantitative estimate of drug-likeness (QED) is 0.262. The minimum absolute atomic E-state index is 0.0532. The Morgan fingerprint density at radius 2 is 1.55 bits per heavy atom. The molecule has 1 aliphatic rings. The smallest absolute Gasteiger partial charge is 0.338 e. The van der Waals surface area contributed by atoms with Crippen molar-refractivity contribution in [3.8, 4) is 11.5 Å². The molecular formula is C31H30N6O5. The van der Waals surface area contributed by atoms with Gasteiger partial charge in [0.2, 0.25) is 0 Å². The van der Waals surface area contributed by atoms with Crippen molar-refractivity contribution in [3.63, 3.8) is 0 Å². The van der Waals surface area contributed by atoms with Gasteiger partial charge in [-0.25, -0.2) is 19.6 Å². The number of fused-ring (bicyclic) bond motifs is 2. The van der Waals surface area contributed by atoms with Crippen LogP contribution in [0.4, 0.5) is 4.79 Å². The summed E-state index contributed by atoms with van der Waals surface area (Å²) in [7, 11) is 1.45. The van der Waals surface area contributed by atoms with E-state index in [1.165, 1.54) is 13.2 Å². The van der Waals surface area contributed by atoms with Crippen molar-refractivity contribution >= 4 is 34.1 Å². The lowest BCUT2D eigenvalue weighted by Gasteiger charge is -2.43. The SMILES string of the molecule is CCOC(=O)C1=C(C)N(Cn2cnc3ccccc32)C(=O)N(Cn2cnc3ccccc32)C1c1ccc(O)c(OC)c1. The maximum atomic E-state index is 14.5. The summed E-state index contributed by atoms with van der Waals surface area (Å²) >= 11 is 0. The molecule has 11 nitrogen and oxygen atoms in total. The van der Waals surface area contributed by atoms with E-state index in [-0.39, 0.29) is 37.5 Å². The van der Waals surface area contributed by atoms with E-state index in [1.54, 1.807) is 48.4 Å². The number of phenols is 1. The fraction of sp³-hybridized carbons (Fsp3) is 0.226. The molecule has 0 fully saturated rings. The van der Waals surface area contributed by atoms with Gasteiger partial charge in [0.15, 0.2) is 11.5 Å². The molecule has 0 bridgehead atoms. The van der Waals surface area contributed by atoms with Crippen LogP contribution in [-0.4, -0.2) is 59.7 Å². The van der Waals surface area contributed by atoms with Crippen molar-refractivity contribution < 1.29 is 24.2 Å². The average Bonchev–Trinajstić information content (AvgIpc) is 3.61. The Labute approximate surface area is 241 Å². The van der Waals surface area contributed by atoms with Crippen LogP contribution >= 0.6 is 0 Å². The molecule has 0 aliphatic carbocycles. The highest BCUT2D eigenvalue weighted by Crippen LogP contribution is 2.41. The van der Waals surface area contributed by atoms with Gasteiger partial charge in [0.1, 0.15) is 13.3 Å². The number of hydrogen-bond acceptors (Lipinski definition) is 7. The average molecular weight is 567 g/mol. The fourth-order valence-electron chi connectivity index (χ4n) is 5.46. The zero-order valence-electron chi connectivity index (χ0n) is 23.5. The van der Waals surface area contributed by atoms with Crippen LogP contribution < -0.4 is 4.74 Å². The Balaban J connectivity index is 1.53. The number of aromatic nitrogens is 4. The molecule has 1 atom stereocenters. The monoisotopic (exact) mass is 566 g/mol. The summed E-state index contributed by atoms with van der Waals surface area (Å²) in [6.45, 7) is 3.86. The molecular weight excluding hydrogens is 536 g/mol. The summed E-state index contributed by atoms with van der Waals surface area (Å²) < 4.78 is 14.7. The van der Waals surface area contributed by atoms with Gasteiger partial charge in [-0.2, -0.15) is 0 Å². The number of urea groups is 1. The first-order chi connectivity index (χ1) is 20.4. The molecule has 11 heteroatoms. The standard InChI is InChI=1S/C31H30N6O5/c1-4-42-30(39)28-20(2)36(18-34-16-32-22-9-5-7-11-24(22)34)31(40)37(19-35-17-33-23-10-6-8-12-25(23)35)29(28)21-13-14-26(38)27(15-21)41-3/h5-17,29,38H,4,18-19H2,1-3H3. The number of benzene rings is 3. The van der Waals surface area contributed by atoms with Crippen molar-refractivity contribution in [3.05, 3.63) is 96.2 Å². The second-order valence-corrected chi connectivity index (χ2v) is 9.92. The largest absolute Gasteiger partial charge is 0.504 e. The molecule has 214 valence electrons. The van der Waals surface area contributed by atoms with Gasteiger partial charge < -0.3 is 23.7 Å². The number of aromatic hydroxyl groups is 1. The lowest BCUT2D eigenvalue weighted by Crippen LogP contribution is -2.51. The Morgan fingerprint density at radius 1 is 0.929 bits per heavy atom. The topological polar surface area (TPSA) is 115 Å². The van der Waals surface area contributed by atoms with Gasteiger partial charge >= 0.3 is 12.0 Å². The third-order valence-electron chi connectivity index (χ3n) is 7.52. The first kappa shape index (κ1) is 26.9. The van der Waals surface area contributed by atoms with Crippen LogP contribution in [0.1, 0.15) is 25.5 Å². The Morgan fingerprint density at radius 3 is 2.17 bits per heavy atom. The molecule has 2 amide bonds. The minimum Gasteiger partial charge on any atom is -0.504 e. The molecule has 0 radical (unpaired) electrons. The molecule has 5 aromatic rings. The summed E-state index contributed by atoms with van der Waals surface area (Å²) in [4.78, 5) is 40.3. The fourth-order valence-corrected chi connectivity index (χ4v) is 5.46. The molecule has 42 heavy (non-hydrogen) atoms. The predicted octanol–water partition coefficient (Wildman–Crippen LogP) is 5.03. The van der Waals surface area contributed by atoms with E-state index < -0.39 is 12.0 Å². The zero-order chi connectivity index (χ0) is 29.4. The Kier molecular flexibility index (Phi) is 6.99. The summed E-state index contributed by atoms with van der Waals surface area (Å²) in [6.07, 6.45) is 3.36. The van der Waals surface area contributed by atoms with Crippen molar-refractivity contribution in [2.75, 3.05) is 13.7 Å². The summed E-state index contributed by atoms with van der Waals surface area (Å²) in [5, 5.41) is 10.3. The molecule has 1 N–H and O–H groups in total. The highest BCUT2D eigenvalue weighted by molar-refractivity contribution is 5.95. The molecule has 3 heterocycles. The van der Waals surface area contributed by atoms with E-state index in [0.29, 0.717) is 16.8 Å². The van der Waals surface area contributed by atoms with Crippen molar-refractivity contribution in [1.29, 1.82) is 0 Å². The number of imidazole rings is 2. The van der Waals surface area contributed by atoms with E-state index in [1.807, 2.05) is 57.7 Å². The number of rotatable bonds is 8. The number of hydrogen-bond donors (Lipinski definition) is 1. The molecule has 2 aromatic heterocycles. The second-order valence-electron chi connectivity index (χ2n) is 9.92. The van der Waals surface area contributed by atoms with Gasteiger partial charge in [-0.3, -0.25) is 9.80 Å². The predicted molar refractivity (Wildman–Crippen MR) is 155 cm³/mol. The number of ether oxygens (including phenoxy) is 2. The highest BCUT2D eigenvalue weighted by Gasteiger charge is 2.43. The number of para-hydroxylation sites is 4. The highest BCUT2D eigenvalue weighted by atomic mass is 16.5. The molecule has 0 saturated carbocycles. The first-order valence-corrected chi connectivity index (χ1v) is 13.5. The Hall–Kier alpha value is -5.32. The van der Waals surface area contributed by atoms with Crippen LogP contribution in [-0.2, 0) is 22.9 Å². The normalized spacial score (nSPS) is 15.6. The molecule has 1 aliphatic heterocycles. The number of allylic oxidation sites excluding steroid dienone is 1. The van der Waals surface area contributed by atoms with Gasteiger partial charge in [0.05, 0.1) is 60.1 Å². The van der Waals surface area contributed by atoms with Gasteiger partial charge in [-0.15, -0.1) is 0 Å². The molecule has 1 unspecified atom stereocenters.